The molecule has 0 aliphatic carbocycles. The number of rotatable bonds is 4. The van der Waals surface area contributed by atoms with Crippen LogP contribution in [0, 0.1) is 6.92 Å². The predicted molar refractivity (Wildman–Crippen MR) is 106 cm³/mol. The molecule has 1 aliphatic rings. The number of carbonyl (C=O) groups excluding carboxylic acids is 2. The maximum Gasteiger partial charge on any atom is 0.290 e. The van der Waals surface area contributed by atoms with E-state index in [1.54, 1.807) is 17.0 Å². The van der Waals surface area contributed by atoms with Gasteiger partial charge in [-0.05, 0) is 50.5 Å². The first-order valence-corrected chi connectivity index (χ1v) is 9.99. The molecule has 0 radical (unpaired) electrons. The molecular formula is C20H20N4O3S. The molecule has 3 heterocycles. The van der Waals surface area contributed by atoms with Gasteiger partial charge in [-0.3, -0.25) is 9.59 Å². The van der Waals surface area contributed by atoms with E-state index in [9.17, 15) is 9.59 Å². The lowest BCUT2D eigenvalue weighted by Gasteiger charge is -2.34. The molecule has 4 rings (SSSR count). The van der Waals surface area contributed by atoms with Crippen molar-refractivity contribution in [3.05, 3.63) is 53.4 Å². The molecule has 1 aromatic carbocycles. The number of likely N-dealkylation sites (tertiary alicyclic amines) is 1. The van der Waals surface area contributed by atoms with Crippen molar-refractivity contribution in [1.82, 2.24) is 15.1 Å². The first kappa shape index (κ1) is 18.4. The summed E-state index contributed by atoms with van der Waals surface area (Å²) in [4.78, 5) is 27.3. The number of hydrogen-bond acceptors (Lipinski definition) is 6. The van der Waals surface area contributed by atoms with Crippen molar-refractivity contribution < 1.29 is 14.0 Å². The minimum atomic E-state index is -0.515. The Morgan fingerprint density at radius 2 is 2.11 bits per heavy atom. The van der Waals surface area contributed by atoms with Crippen LogP contribution in [0.4, 0.5) is 5.69 Å². The van der Waals surface area contributed by atoms with Crippen molar-refractivity contribution in [1.29, 1.82) is 0 Å². The Balaban J connectivity index is 1.51. The molecule has 1 N–H and O–H groups in total. The average molecular weight is 396 g/mol. The zero-order valence-electron chi connectivity index (χ0n) is 15.4. The summed E-state index contributed by atoms with van der Waals surface area (Å²) in [5.41, 5.74) is 1.57. The van der Waals surface area contributed by atoms with E-state index in [4.69, 9.17) is 4.42 Å². The van der Waals surface area contributed by atoms with E-state index >= 15 is 0 Å². The second-order valence-corrected chi connectivity index (χ2v) is 7.87. The number of anilines is 1. The predicted octanol–water partition coefficient (Wildman–Crippen LogP) is 3.74. The monoisotopic (exact) mass is 396 g/mol. The summed E-state index contributed by atoms with van der Waals surface area (Å²) in [6, 6.07) is 10.3. The van der Waals surface area contributed by atoms with Crippen molar-refractivity contribution in [2.24, 2.45) is 0 Å². The molecule has 7 nitrogen and oxygen atoms in total. The third-order valence-electron chi connectivity index (χ3n) is 4.70. The van der Waals surface area contributed by atoms with Crippen LogP contribution in [0.25, 0.3) is 10.6 Å². The van der Waals surface area contributed by atoms with Gasteiger partial charge in [-0.1, -0.05) is 23.5 Å². The minimum absolute atomic E-state index is 0.190. The average Bonchev–Trinajstić information content (AvgIpc) is 3.39. The second kappa shape index (κ2) is 7.93. The van der Waals surface area contributed by atoms with E-state index in [2.05, 4.69) is 15.5 Å². The number of aromatic nitrogens is 2. The first-order chi connectivity index (χ1) is 13.6. The van der Waals surface area contributed by atoms with Crippen LogP contribution in [0.2, 0.25) is 0 Å². The highest BCUT2D eigenvalue weighted by Gasteiger charge is 2.33. The van der Waals surface area contributed by atoms with Gasteiger partial charge >= 0.3 is 0 Å². The van der Waals surface area contributed by atoms with Gasteiger partial charge in [-0.2, -0.15) is 0 Å². The summed E-state index contributed by atoms with van der Waals surface area (Å²) >= 11 is 1.50. The van der Waals surface area contributed by atoms with Crippen molar-refractivity contribution in [3.63, 3.8) is 0 Å². The zero-order chi connectivity index (χ0) is 19.5. The summed E-state index contributed by atoms with van der Waals surface area (Å²) in [6.45, 7) is 2.45. The molecule has 0 bridgehead atoms. The number of amides is 2. The summed E-state index contributed by atoms with van der Waals surface area (Å²) in [6.07, 6.45) is 3.88. The van der Waals surface area contributed by atoms with Crippen LogP contribution in [0.15, 0.2) is 47.1 Å². The van der Waals surface area contributed by atoms with E-state index in [1.165, 1.54) is 17.6 Å². The first-order valence-electron chi connectivity index (χ1n) is 9.18. The quantitative estimate of drug-likeness (QED) is 0.726. The van der Waals surface area contributed by atoms with Gasteiger partial charge < -0.3 is 14.6 Å². The van der Waals surface area contributed by atoms with Gasteiger partial charge in [0.2, 0.25) is 5.91 Å². The van der Waals surface area contributed by atoms with Gasteiger partial charge in [-0.25, -0.2) is 0 Å². The Kier molecular flexibility index (Phi) is 5.21. The Morgan fingerprint density at radius 1 is 1.21 bits per heavy atom. The molecule has 1 saturated heterocycles. The zero-order valence-corrected chi connectivity index (χ0v) is 16.2. The third kappa shape index (κ3) is 3.82. The number of nitrogens with zero attached hydrogens (tertiary/aromatic N) is 3. The lowest BCUT2D eigenvalue weighted by Crippen LogP contribution is -2.49. The maximum absolute atomic E-state index is 12.9. The van der Waals surface area contributed by atoms with Crippen molar-refractivity contribution in [3.8, 4) is 10.6 Å². The van der Waals surface area contributed by atoms with E-state index < -0.39 is 6.04 Å². The van der Waals surface area contributed by atoms with Crippen LogP contribution >= 0.6 is 11.3 Å². The number of piperidine rings is 1. The number of benzene rings is 1. The highest BCUT2D eigenvalue weighted by atomic mass is 32.1. The Morgan fingerprint density at radius 3 is 2.86 bits per heavy atom. The van der Waals surface area contributed by atoms with E-state index in [1.807, 2.05) is 31.2 Å². The largest absolute Gasteiger partial charge is 0.459 e. The van der Waals surface area contributed by atoms with Crippen LogP contribution in [-0.2, 0) is 4.79 Å². The van der Waals surface area contributed by atoms with Gasteiger partial charge in [0.25, 0.3) is 5.91 Å². The van der Waals surface area contributed by atoms with Gasteiger partial charge in [0.1, 0.15) is 16.1 Å². The van der Waals surface area contributed by atoms with Gasteiger partial charge in [-0.15, -0.1) is 10.2 Å². The second-order valence-electron chi connectivity index (χ2n) is 6.68. The highest BCUT2D eigenvalue weighted by molar-refractivity contribution is 7.14. The molecular weight excluding hydrogens is 376 g/mol. The van der Waals surface area contributed by atoms with Crippen LogP contribution in [0.3, 0.4) is 0 Å². The molecule has 1 fully saturated rings. The molecule has 0 saturated carbocycles. The van der Waals surface area contributed by atoms with E-state index in [-0.39, 0.29) is 17.6 Å². The number of nitrogens with one attached hydrogen (secondary N) is 1. The Bertz CT molecular complexity index is 983. The molecule has 0 spiro atoms. The van der Waals surface area contributed by atoms with Crippen LogP contribution < -0.4 is 5.32 Å². The number of furan rings is 1. The Hall–Kier alpha value is -3.00. The SMILES string of the molecule is Cc1nnc(-c2cccc(NC(=O)C3CCCCN3C(=O)c3ccco3)c2)s1. The normalized spacial score (nSPS) is 16.8. The lowest BCUT2D eigenvalue weighted by molar-refractivity contribution is -0.121. The summed E-state index contributed by atoms with van der Waals surface area (Å²) < 4.78 is 5.23. The van der Waals surface area contributed by atoms with Gasteiger partial charge in [0.05, 0.1) is 6.26 Å². The molecule has 1 unspecified atom stereocenters. The molecule has 28 heavy (non-hydrogen) atoms. The smallest absolute Gasteiger partial charge is 0.290 e. The molecule has 3 aromatic rings. The summed E-state index contributed by atoms with van der Waals surface area (Å²) in [5, 5.41) is 12.8. The number of carbonyl (C=O) groups is 2. The number of hydrogen-bond donors (Lipinski definition) is 1. The van der Waals surface area contributed by atoms with Crippen molar-refractivity contribution in [2.75, 3.05) is 11.9 Å². The standard InChI is InChI=1S/C20H20N4O3S/c1-13-22-23-19(28-13)14-6-4-7-15(12-14)21-18(25)16-8-2-3-10-24(16)20(26)17-9-5-11-27-17/h4-7,9,11-12,16H,2-3,8,10H2,1H3,(H,21,25). The van der Waals surface area contributed by atoms with Crippen molar-refractivity contribution >= 4 is 28.8 Å². The summed E-state index contributed by atoms with van der Waals surface area (Å²) in [7, 11) is 0. The fourth-order valence-corrected chi connectivity index (χ4v) is 4.05. The fraction of sp³-hybridized carbons (Fsp3) is 0.300. The molecule has 1 aliphatic heterocycles. The van der Waals surface area contributed by atoms with Crippen LogP contribution in [0.1, 0.15) is 34.8 Å². The summed E-state index contributed by atoms with van der Waals surface area (Å²) in [5.74, 6) is -0.179. The fourth-order valence-electron chi connectivity index (χ4n) is 3.36. The molecule has 8 heteroatoms. The minimum Gasteiger partial charge on any atom is -0.459 e. The van der Waals surface area contributed by atoms with Gasteiger partial charge in [0, 0.05) is 17.8 Å². The molecule has 144 valence electrons. The number of aryl methyl sites for hydroxylation is 1. The molecule has 2 amide bonds. The van der Waals surface area contributed by atoms with Crippen LogP contribution in [-0.4, -0.2) is 39.5 Å². The van der Waals surface area contributed by atoms with E-state index in [0.29, 0.717) is 18.7 Å². The van der Waals surface area contributed by atoms with Gasteiger partial charge in [0.15, 0.2) is 5.76 Å². The van der Waals surface area contributed by atoms with Crippen LogP contribution in [0.5, 0.6) is 0 Å². The Labute approximate surface area is 166 Å². The van der Waals surface area contributed by atoms with E-state index in [0.717, 1.165) is 28.4 Å². The lowest BCUT2D eigenvalue weighted by atomic mass is 10.0. The maximum atomic E-state index is 12.9. The highest BCUT2D eigenvalue weighted by Crippen LogP contribution is 2.26. The topological polar surface area (TPSA) is 88.3 Å². The molecule has 2 aromatic heterocycles. The van der Waals surface area contributed by atoms with Crippen molar-refractivity contribution in [2.45, 2.75) is 32.2 Å². The molecule has 1 atom stereocenters. The third-order valence-corrected chi connectivity index (χ3v) is 5.59.